The van der Waals surface area contributed by atoms with Crippen molar-refractivity contribution in [3.63, 3.8) is 0 Å². The van der Waals surface area contributed by atoms with Gasteiger partial charge >= 0.3 is 5.97 Å². The van der Waals surface area contributed by atoms with Crippen molar-refractivity contribution in [1.82, 2.24) is 4.72 Å². The van der Waals surface area contributed by atoms with Crippen LogP contribution in [-0.2, 0) is 14.8 Å². The van der Waals surface area contributed by atoms with Crippen LogP contribution in [0.15, 0.2) is 29.2 Å². The number of carboxylic acid groups (broad SMARTS) is 1. The topological polar surface area (TPSA) is 101 Å². The van der Waals surface area contributed by atoms with E-state index in [0.29, 0.717) is 6.42 Å². The Morgan fingerprint density at radius 1 is 1.33 bits per heavy atom. The van der Waals surface area contributed by atoms with E-state index < -0.39 is 22.0 Å². The van der Waals surface area contributed by atoms with Crippen molar-refractivity contribution in [2.45, 2.75) is 38.1 Å². The molecule has 2 N–H and O–H groups in total. The van der Waals surface area contributed by atoms with Gasteiger partial charge in [-0.2, -0.15) is 4.72 Å². The average Bonchev–Trinajstić information content (AvgIpc) is 2.43. The predicted molar refractivity (Wildman–Crippen MR) is 77.6 cm³/mol. The summed E-state index contributed by atoms with van der Waals surface area (Å²) in [5, 5.41) is 9.15. The maximum atomic E-state index is 12.3. The van der Waals surface area contributed by atoms with Gasteiger partial charge in [-0.15, -0.1) is 0 Å². The van der Waals surface area contributed by atoms with Crippen molar-refractivity contribution >= 4 is 21.8 Å². The van der Waals surface area contributed by atoms with E-state index in [1.807, 2.05) is 0 Å². The molecule has 7 heteroatoms. The van der Waals surface area contributed by atoms with Crippen LogP contribution in [0.5, 0.6) is 0 Å². The van der Waals surface area contributed by atoms with Crippen LogP contribution in [0, 0.1) is 5.92 Å². The van der Waals surface area contributed by atoms with E-state index in [1.54, 1.807) is 13.8 Å². The normalized spacial score (nSPS) is 14.4. The minimum Gasteiger partial charge on any atom is -0.480 e. The minimum atomic E-state index is -4.00. The van der Waals surface area contributed by atoms with Crippen LogP contribution in [0.25, 0.3) is 0 Å². The fraction of sp³-hybridized carbons (Fsp3) is 0.429. The zero-order valence-corrected chi connectivity index (χ0v) is 13.0. The van der Waals surface area contributed by atoms with E-state index >= 15 is 0 Å². The standard InChI is InChI=1S/C14H19NO5S/c1-4-9(2)13(14(17)18)15-21(19,20)12-7-5-6-11(8-12)10(3)16/h5-9,13,15H,4H2,1-3H3,(H,17,18)/t9-,13-/m0/s1. The number of carbonyl (C=O) groups is 2. The lowest BCUT2D eigenvalue weighted by Gasteiger charge is -2.20. The fourth-order valence-corrected chi connectivity index (χ4v) is 3.11. The third-order valence-electron chi connectivity index (χ3n) is 3.31. The first kappa shape index (κ1) is 17.3. The highest BCUT2D eigenvalue weighted by atomic mass is 32.2. The number of ketones is 1. The molecule has 0 saturated carbocycles. The van der Waals surface area contributed by atoms with E-state index in [-0.39, 0.29) is 22.2 Å². The molecule has 1 aromatic rings. The van der Waals surface area contributed by atoms with Crippen molar-refractivity contribution < 1.29 is 23.1 Å². The van der Waals surface area contributed by atoms with E-state index in [0.717, 1.165) is 0 Å². The molecule has 0 aliphatic rings. The van der Waals surface area contributed by atoms with Crippen LogP contribution in [0.3, 0.4) is 0 Å². The molecule has 0 aliphatic heterocycles. The fourth-order valence-electron chi connectivity index (χ4n) is 1.76. The summed E-state index contributed by atoms with van der Waals surface area (Å²) < 4.78 is 26.7. The number of aliphatic carboxylic acids is 1. The van der Waals surface area contributed by atoms with Gasteiger partial charge in [0.05, 0.1) is 4.90 Å². The monoisotopic (exact) mass is 313 g/mol. The van der Waals surface area contributed by atoms with Crippen molar-refractivity contribution in [1.29, 1.82) is 0 Å². The number of benzene rings is 1. The summed E-state index contributed by atoms with van der Waals surface area (Å²) >= 11 is 0. The maximum absolute atomic E-state index is 12.3. The van der Waals surface area contributed by atoms with Gasteiger partial charge in [-0.3, -0.25) is 9.59 Å². The molecule has 1 aromatic carbocycles. The molecular weight excluding hydrogens is 294 g/mol. The third kappa shape index (κ3) is 4.37. The zero-order valence-electron chi connectivity index (χ0n) is 12.2. The summed E-state index contributed by atoms with van der Waals surface area (Å²) in [7, 11) is -4.00. The van der Waals surface area contributed by atoms with Gasteiger partial charge in [-0.05, 0) is 25.0 Å². The second kappa shape index (κ2) is 6.82. The summed E-state index contributed by atoms with van der Waals surface area (Å²) in [5.74, 6) is -1.84. The number of carboxylic acids is 1. The van der Waals surface area contributed by atoms with E-state index in [9.17, 15) is 18.0 Å². The van der Waals surface area contributed by atoms with Crippen LogP contribution in [0.1, 0.15) is 37.6 Å². The number of hydrogen-bond donors (Lipinski definition) is 2. The second-order valence-corrected chi connectivity index (χ2v) is 6.62. The number of nitrogens with one attached hydrogen (secondary N) is 1. The lowest BCUT2D eigenvalue weighted by atomic mass is 10.0. The summed E-state index contributed by atoms with van der Waals surface area (Å²) in [5.41, 5.74) is 0.258. The van der Waals surface area contributed by atoms with Crippen LogP contribution in [-0.4, -0.2) is 31.3 Å². The molecular formula is C14H19NO5S. The molecule has 0 fully saturated rings. The largest absolute Gasteiger partial charge is 0.480 e. The Labute approximate surface area is 124 Å². The average molecular weight is 313 g/mol. The Morgan fingerprint density at radius 2 is 1.95 bits per heavy atom. The number of carbonyl (C=O) groups excluding carboxylic acids is 1. The van der Waals surface area contributed by atoms with Gasteiger partial charge in [0.25, 0.3) is 0 Å². The Morgan fingerprint density at radius 3 is 2.43 bits per heavy atom. The number of rotatable bonds is 7. The third-order valence-corrected chi connectivity index (χ3v) is 4.75. The second-order valence-electron chi connectivity index (χ2n) is 4.91. The van der Waals surface area contributed by atoms with Gasteiger partial charge < -0.3 is 5.11 Å². The molecule has 0 amide bonds. The van der Waals surface area contributed by atoms with Gasteiger partial charge in [-0.1, -0.05) is 32.4 Å². The van der Waals surface area contributed by atoms with E-state index in [1.165, 1.54) is 31.2 Å². The molecule has 21 heavy (non-hydrogen) atoms. The van der Waals surface area contributed by atoms with Crippen LogP contribution < -0.4 is 4.72 Å². The molecule has 2 atom stereocenters. The summed E-state index contributed by atoms with van der Waals surface area (Å²) in [4.78, 5) is 22.4. The SMILES string of the molecule is CC[C@H](C)[C@H](NS(=O)(=O)c1cccc(C(C)=O)c1)C(=O)O. The summed E-state index contributed by atoms with van der Waals surface area (Å²) in [6, 6.07) is 4.31. The lowest BCUT2D eigenvalue weighted by molar-refractivity contribution is -0.140. The number of Topliss-reactive ketones (excluding diaryl/α,β-unsaturated/α-hetero) is 1. The predicted octanol–water partition coefficient (Wildman–Crippen LogP) is 1.67. The summed E-state index contributed by atoms with van der Waals surface area (Å²) in [6.45, 7) is 4.77. The molecule has 0 heterocycles. The van der Waals surface area contributed by atoms with Gasteiger partial charge in [0.1, 0.15) is 6.04 Å². The molecule has 0 bridgehead atoms. The Balaban J connectivity index is 3.13. The van der Waals surface area contributed by atoms with E-state index in [4.69, 9.17) is 5.11 Å². The maximum Gasteiger partial charge on any atom is 0.322 e. The first-order valence-corrected chi connectivity index (χ1v) is 8.03. The molecule has 1 rings (SSSR count). The first-order valence-electron chi connectivity index (χ1n) is 6.55. The Bertz CT molecular complexity index is 639. The molecule has 0 saturated heterocycles. The first-order chi connectivity index (χ1) is 9.69. The number of sulfonamides is 1. The van der Waals surface area contributed by atoms with Crippen molar-refractivity contribution in [3.05, 3.63) is 29.8 Å². The van der Waals surface area contributed by atoms with Gasteiger partial charge in [-0.25, -0.2) is 8.42 Å². The van der Waals surface area contributed by atoms with Gasteiger partial charge in [0.2, 0.25) is 10.0 Å². The molecule has 0 unspecified atom stereocenters. The molecule has 6 nitrogen and oxygen atoms in total. The molecule has 0 aromatic heterocycles. The van der Waals surface area contributed by atoms with Crippen LogP contribution >= 0.6 is 0 Å². The van der Waals surface area contributed by atoms with Crippen molar-refractivity contribution in [2.75, 3.05) is 0 Å². The Hall–Kier alpha value is -1.73. The lowest BCUT2D eigenvalue weighted by Crippen LogP contribution is -2.44. The van der Waals surface area contributed by atoms with Crippen LogP contribution in [0.4, 0.5) is 0 Å². The van der Waals surface area contributed by atoms with E-state index in [2.05, 4.69) is 4.72 Å². The highest BCUT2D eigenvalue weighted by Crippen LogP contribution is 2.15. The number of hydrogen-bond acceptors (Lipinski definition) is 4. The smallest absolute Gasteiger partial charge is 0.322 e. The zero-order chi connectivity index (χ0) is 16.2. The van der Waals surface area contributed by atoms with Gasteiger partial charge in [0.15, 0.2) is 5.78 Å². The molecule has 0 radical (unpaired) electrons. The molecule has 116 valence electrons. The van der Waals surface area contributed by atoms with Gasteiger partial charge in [0, 0.05) is 5.56 Å². The summed E-state index contributed by atoms with van der Waals surface area (Å²) in [6.07, 6.45) is 0.521. The van der Waals surface area contributed by atoms with Crippen molar-refractivity contribution in [2.24, 2.45) is 5.92 Å². The Kier molecular flexibility index (Phi) is 5.62. The molecule has 0 spiro atoms. The van der Waals surface area contributed by atoms with Crippen molar-refractivity contribution in [3.8, 4) is 0 Å². The molecule has 0 aliphatic carbocycles. The minimum absolute atomic E-state index is 0.121. The highest BCUT2D eigenvalue weighted by molar-refractivity contribution is 7.89. The van der Waals surface area contributed by atoms with Crippen LogP contribution in [0.2, 0.25) is 0 Å². The highest BCUT2D eigenvalue weighted by Gasteiger charge is 2.29. The quantitative estimate of drug-likeness (QED) is 0.746.